The van der Waals surface area contributed by atoms with E-state index in [1.54, 1.807) is 0 Å². The molecule has 0 aromatic carbocycles. The zero-order chi connectivity index (χ0) is 12.3. The fraction of sp³-hybridized carbons (Fsp3) is 0.556. The zero-order valence-electron chi connectivity index (χ0n) is 8.84. The van der Waals surface area contributed by atoms with Crippen LogP contribution >= 0.6 is 11.3 Å². The Balaban J connectivity index is 2.59. The number of carbonyl (C=O) groups is 1. The maximum atomic E-state index is 12.0. The molecule has 0 fully saturated rings. The Hall–Kier alpha value is -1.11. The van der Waals surface area contributed by atoms with Crippen LogP contribution in [0.2, 0.25) is 0 Å². The molecule has 0 spiro atoms. The van der Waals surface area contributed by atoms with Gasteiger partial charge in [-0.3, -0.25) is 4.79 Å². The second-order valence-electron chi connectivity index (χ2n) is 3.35. The summed E-state index contributed by atoms with van der Waals surface area (Å²) in [5.41, 5.74) is 0. The predicted molar refractivity (Wildman–Crippen MR) is 56.1 cm³/mol. The van der Waals surface area contributed by atoms with E-state index in [9.17, 15) is 18.0 Å². The van der Waals surface area contributed by atoms with Gasteiger partial charge in [0, 0.05) is 20.5 Å². The van der Waals surface area contributed by atoms with Crippen molar-refractivity contribution < 1.29 is 18.0 Å². The minimum atomic E-state index is -4.17. The zero-order valence-corrected chi connectivity index (χ0v) is 9.65. The lowest BCUT2D eigenvalue weighted by Crippen LogP contribution is -2.23. The molecule has 1 rings (SSSR count). The first-order valence-electron chi connectivity index (χ1n) is 4.54. The number of hydrogen-bond donors (Lipinski definition) is 0. The van der Waals surface area contributed by atoms with Crippen LogP contribution in [0.15, 0.2) is 6.20 Å². The molecule has 0 aliphatic heterocycles. The van der Waals surface area contributed by atoms with E-state index >= 15 is 0 Å². The van der Waals surface area contributed by atoms with E-state index in [0.29, 0.717) is 10.0 Å². The molecule has 3 nitrogen and oxygen atoms in total. The van der Waals surface area contributed by atoms with E-state index in [2.05, 4.69) is 4.98 Å². The van der Waals surface area contributed by atoms with Crippen molar-refractivity contribution in [2.45, 2.75) is 19.5 Å². The van der Waals surface area contributed by atoms with E-state index in [-0.39, 0.29) is 12.3 Å². The third kappa shape index (κ3) is 3.80. The topological polar surface area (TPSA) is 33.2 Å². The number of nitrogens with zero attached hydrogens (tertiary/aromatic N) is 2. The maximum Gasteiger partial charge on any atom is 0.390 e. The highest BCUT2D eigenvalue weighted by atomic mass is 32.1. The predicted octanol–water partition coefficient (Wildman–Crippen LogP) is 2.73. The Kier molecular flexibility index (Phi) is 3.90. The number of halogens is 3. The van der Waals surface area contributed by atoms with Crippen LogP contribution in [0.25, 0.3) is 0 Å². The van der Waals surface area contributed by atoms with Gasteiger partial charge in [-0.15, -0.1) is 0 Å². The maximum absolute atomic E-state index is 12.0. The molecular formula is C9H11F3N2OS. The van der Waals surface area contributed by atoms with Gasteiger partial charge in [0.2, 0.25) is 0 Å². The van der Waals surface area contributed by atoms with Crippen molar-refractivity contribution in [2.75, 3.05) is 18.5 Å². The summed E-state index contributed by atoms with van der Waals surface area (Å²) in [6, 6.07) is 0. The van der Waals surface area contributed by atoms with Crippen molar-refractivity contribution >= 4 is 22.3 Å². The molecule has 1 aromatic rings. The number of rotatable bonds is 4. The summed E-state index contributed by atoms with van der Waals surface area (Å²) < 4.78 is 35.9. The smallest absolute Gasteiger partial charge is 0.351 e. The summed E-state index contributed by atoms with van der Waals surface area (Å²) in [6.07, 6.45) is -3.68. The van der Waals surface area contributed by atoms with Gasteiger partial charge >= 0.3 is 6.18 Å². The highest BCUT2D eigenvalue weighted by molar-refractivity contribution is 7.17. The van der Waals surface area contributed by atoms with Crippen LogP contribution in [0, 0.1) is 0 Å². The highest BCUT2D eigenvalue weighted by Gasteiger charge is 2.27. The number of anilines is 1. The summed E-state index contributed by atoms with van der Waals surface area (Å²) in [7, 11) is 1.52. The van der Waals surface area contributed by atoms with Crippen molar-refractivity contribution in [1.82, 2.24) is 4.98 Å². The molecule has 0 unspecified atom stereocenters. The lowest BCUT2D eigenvalue weighted by Gasteiger charge is -2.16. The average molecular weight is 252 g/mol. The van der Waals surface area contributed by atoms with Gasteiger partial charge in [-0.05, 0) is 0 Å². The lowest BCUT2D eigenvalue weighted by atomic mass is 10.4. The van der Waals surface area contributed by atoms with E-state index in [4.69, 9.17) is 0 Å². The van der Waals surface area contributed by atoms with Gasteiger partial charge in [-0.2, -0.15) is 13.2 Å². The van der Waals surface area contributed by atoms with E-state index in [1.807, 2.05) is 0 Å². The quantitative estimate of drug-likeness (QED) is 0.772. The number of carbonyl (C=O) groups excluding carboxylic acids is 1. The second kappa shape index (κ2) is 4.82. The molecule has 0 N–H and O–H groups in total. The SMILES string of the molecule is CC(=O)c1cnc(N(C)CCC(F)(F)F)s1. The first kappa shape index (κ1) is 13.0. The van der Waals surface area contributed by atoms with Crippen molar-refractivity contribution in [1.29, 1.82) is 0 Å². The molecule has 0 aliphatic carbocycles. The number of Topliss-reactive ketones (excluding diaryl/α,β-unsaturated/α-hetero) is 1. The van der Waals surface area contributed by atoms with Crippen molar-refractivity contribution in [3.8, 4) is 0 Å². The Morgan fingerprint density at radius 2 is 2.19 bits per heavy atom. The molecule has 1 heterocycles. The second-order valence-corrected chi connectivity index (χ2v) is 4.36. The third-order valence-electron chi connectivity index (χ3n) is 1.90. The van der Waals surface area contributed by atoms with Gasteiger partial charge in [0.1, 0.15) is 0 Å². The number of thiazole rings is 1. The van der Waals surface area contributed by atoms with Gasteiger partial charge in [-0.25, -0.2) is 4.98 Å². The molecule has 0 amide bonds. The van der Waals surface area contributed by atoms with Crippen LogP contribution < -0.4 is 4.90 Å². The number of hydrogen-bond acceptors (Lipinski definition) is 4. The molecule has 0 saturated heterocycles. The Labute approximate surface area is 94.9 Å². The van der Waals surface area contributed by atoms with E-state index in [1.165, 1.54) is 25.1 Å². The number of alkyl halides is 3. The minimum Gasteiger partial charge on any atom is -0.351 e. The summed E-state index contributed by atoms with van der Waals surface area (Å²) >= 11 is 1.10. The number of ketones is 1. The van der Waals surface area contributed by atoms with E-state index < -0.39 is 12.6 Å². The standard InChI is InChI=1S/C9H11F3N2OS/c1-6(15)7-5-13-8(16-7)14(2)4-3-9(10,11)12/h5H,3-4H2,1-2H3. The Bertz CT molecular complexity index is 375. The molecule has 0 aliphatic rings. The fourth-order valence-corrected chi connectivity index (χ4v) is 1.79. The molecule has 0 saturated carbocycles. The molecule has 16 heavy (non-hydrogen) atoms. The number of aromatic nitrogens is 1. The largest absolute Gasteiger partial charge is 0.390 e. The molecule has 0 radical (unpaired) electrons. The summed E-state index contributed by atoms with van der Waals surface area (Å²) in [6.45, 7) is 1.24. The van der Waals surface area contributed by atoms with Gasteiger partial charge in [0.15, 0.2) is 10.9 Å². The van der Waals surface area contributed by atoms with E-state index in [0.717, 1.165) is 11.3 Å². The summed E-state index contributed by atoms with van der Waals surface area (Å²) in [4.78, 5) is 16.7. The third-order valence-corrected chi connectivity index (χ3v) is 3.11. The fourth-order valence-electron chi connectivity index (χ4n) is 0.994. The van der Waals surface area contributed by atoms with Crippen molar-refractivity contribution in [2.24, 2.45) is 0 Å². The van der Waals surface area contributed by atoms with Crippen LogP contribution in [0.3, 0.4) is 0 Å². The highest BCUT2D eigenvalue weighted by Crippen LogP contribution is 2.24. The molecule has 7 heteroatoms. The molecular weight excluding hydrogens is 241 g/mol. The monoisotopic (exact) mass is 252 g/mol. The normalized spacial score (nSPS) is 11.6. The van der Waals surface area contributed by atoms with Gasteiger partial charge in [0.05, 0.1) is 17.5 Å². The molecule has 1 aromatic heterocycles. The Morgan fingerprint density at radius 3 is 2.62 bits per heavy atom. The minimum absolute atomic E-state index is 0.132. The lowest BCUT2D eigenvalue weighted by molar-refractivity contribution is -0.132. The van der Waals surface area contributed by atoms with Crippen molar-refractivity contribution in [3.05, 3.63) is 11.1 Å². The van der Waals surface area contributed by atoms with Crippen LogP contribution in [0.5, 0.6) is 0 Å². The first-order valence-corrected chi connectivity index (χ1v) is 5.36. The van der Waals surface area contributed by atoms with Gasteiger partial charge in [0.25, 0.3) is 0 Å². The van der Waals surface area contributed by atoms with Gasteiger partial charge < -0.3 is 4.90 Å². The van der Waals surface area contributed by atoms with Crippen LogP contribution in [0.4, 0.5) is 18.3 Å². The molecule has 0 atom stereocenters. The van der Waals surface area contributed by atoms with Crippen LogP contribution in [0.1, 0.15) is 23.0 Å². The average Bonchev–Trinajstić information content (AvgIpc) is 2.61. The molecule has 0 bridgehead atoms. The summed E-state index contributed by atoms with van der Waals surface area (Å²) in [5, 5.41) is 0.425. The summed E-state index contributed by atoms with van der Waals surface area (Å²) in [5.74, 6) is -0.132. The Morgan fingerprint density at radius 1 is 1.56 bits per heavy atom. The molecule has 90 valence electrons. The van der Waals surface area contributed by atoms with Crippen LogP contribution in [-0.4, -0.2) is 30.5 Å². The van der Waals surface area contributed by atoms with Crippen molar-refractivity contribution in [3.63, 3.8) is 0 Å². The van der Waals surface area contributed by atoms with Gasteiger partial charge in [-0.1, -0.05) is 11.3 Å². The first-order chi connectivity index (χ1) is 7.29. The van der Waals surface area contributed by atoms with Crippen LogP contribution in [-0.2, 0) is 0 Å².